The van der Waals surface area contributed by atoms with E-state index in [1.165, 1.54) is 6.92 Å². The number of aliphatic hydroxyl groups excluding tert-OH is 1. The van der Waals surface area contributed by atoms with Crippen LogP contribution < -0.4 is 0 Å². The molecule has 3 aliphatic heterocycles. The van der Waals surface area contributed by atoms with Crippen molar-refractivity contribution in [3.05, 3.63) is 0 Å². The number of carbonyl (C=O) groups is 1. The molecule has 0 aromatic rings. The van der Waals surface area contributed by atoms with Crippen molar-refractivity contribution in [2.24, 2.45) is 28.8 Å². The van der Waals surface area contributed by atoms with E-state index in [0.29, 0.717) is 18.7 Å². The monoisotopic (exact) mass is 993 g/mol. The molecule has 3 rings (SSSR count). The fraction of sp³-hybridized carbons (Fsp3) is 0.959. The Bertz CT molecular complexity index is 1590. The van der Waals surface area contributed by atoms with Gasteiger partial charge in [-0.25, -0.2) is 0 Å². The van der Waals surface area contributed by atoms with E-state index in [4.69, 9.17) is 56.7 Å². The number of aliphatic hydroxyl groups is 2. The molecule has 0 unspecified atom stereocenters. The van der Waals surface area contributed by atoms with Crippen LogP contribution in [0.4, 0.5) is 0 Å². The lowest BCUT2D eigenvalue weighted by Gasteiger charge is -2.51. The number of esters is 1. The predicted octanol–water partition coefficient (Wildman–Crippen LogP) is 7.73. The van der Waals surface area contributed by atoms with E-state index in [9.17, 15) is 15.0 Å². The molecule has 3 heterocycles. The number of ether oxygens (including phenoxy) is 8. The molecule has 0 bridgehead atoms. The van der Waals surface area contributed by atoms with Crippen LogP contribution in [-0.4, -0.2) is 168 Å². The maximum absolute atomic E-state index is 14.8. The number of methoxy groups -OCH3 is 2. The fourth-order valence-corrected chi connectivity index (χ4v) is 12.7. The van der Waals surface area contributed by atoms with Crippen LogP contribution in [0.25, 0.3) is 0 Å². The largest absolute Gasteiger partial charge is 0.459 e. The molecule has 0 spiro atoms. The average molecular weight is 993 g/mol. The summed E-state index contributed by atoms with van der Waals surface area (Å²) in [5.74, 6) is -4.57. The normalized spacial score (nSPS) is 42.1. The molecule has 18 atom stereocenters. The van der Waals surface area contributed by atoms with Crippen molar-refractivity contribution in [3.8, 4) is 0 Å². The number of cyclic esters (lactones) is 1. The molecular formula is C49H96N2O14Si2. The molecule has 394 valence electrons. The van der Waals surface area contributed by atoms with E-state index in [-0.39, 0.29) is 31.1 Å². The summed E-state index contributed by atoms with van der Waals surface area (Å²) in [6.07, 6.45) is -5.99. The van der Waals surface area contributed by atoms with Gasteiger partial charge >= 0.3 is 5.97 Å². The van der Waals surface area contributed by atoms with Crippen LogP contribution in [0.3, 0.4) is 0 Å². The van der Waals surface area contributed by atoms with Crippen molar-refractivity contribution in [2.75, 3.05) is 34.9 Å². The Morgan fingerprint density at radius 2 is 1.39 bits per heavy atom. The summed E-state index contributed by atoms with van der Waals surface area (Å²) in [4.78, 5) is 23.1. The first-order chi connectivity index (χ1) is 30.6. The van der Waals surface area contributed by atoms with Gasteiger partial charge in [0.15, 0.2) is 29.2 Å². The zero-order valence-corrected chi connectivity index (χ0v) is 47.9. The number of likely N-dealkylation sites (N-methyl/N-ethyl adjacent to an activating group) is 1. The molecule has 0 aliphatic carbocycles. The Balaban J connectivity index is 2.39. The molecule has 0 aromatic heterocycles. The lowest BCUT2D eigenvalue weighted by Crippen LogP contribution is -2.63. The molecule has 0 radical (unpaired) electrons. The van der Waals surface area contributed by atoms with Gasteiger partial charge in [-0.3, -0.25) is 4.79 Å². The number of nitrogens with zero attached hydrogens (tertiary/aromatic N) is 2. The molecular weight excluding hydrogens is 897 g/mol. The predicted molar refractivity (Wildman–Crippen MR) is 265 cm³/mol. The Morgan fingerprint density at radius 3 is 1.90 bits per heavy atom. The number of hydrogen-bond acceptors (Lipinski definition) is 16. The molecule has 3 saturated heterocycles. The van der Waals surface area contributed by atoms with Crippen LogP contribution in [0.2, 0.25) is 39.3 Å². The number of oxime groups is 1. The first kappa shape index (κ1) is 60.2. The van der Waals surface area contributed by atoms with Gasteiger partial charge in [-0.15, -0.1) is 0 Å². The van der Waals surface area contributed by atoms with Gasteiger partial charge in [-0.05, 0) is 121 Å². The molecule has 0 aromatic carbocycles. The summed E-state index contributed by atoms with van der Waals surface area (Å²) < 4.78 is 66.8. The highest BCUT2D eigenvalue weighted by atomic mass is 28.4. The summed E-state index contributed by atoms with van der Waals surface area (Å²) in [5, 5.41) is 29.2. The highest BCUT2D eigenvalue weighted by Gasteiger charge is 2.55. The van der Waals surface area contributed by atoms with E-state index in [1.807, 2.05) is 62.6 Å². The van der Waals surface area contributed by atoms with E-state index < -0.39 is 118 Å². The maximum atomic E-state index is 14.8. The van der Waals surface area contributed by atoms with Gasteiger partial charge in [0.05, 0.1) is 59.5 Å². The SMILES string of the molecule is CCOC(C)(C)O/N=C1\[C@H](C)C[C@@](C)(OC)[C@H](O[C@@H]2O[C@H](C)C[C@H](N(C)C)[C@H]2O[Si](C)(C)C)[C@@H](C)[C@H](O[C@H]2C[C@@](C)(OC)[C@@H](O[Si](C)(C)C)[C@H](C)O2)[C@@H](C)C(=O)O[C@H](CC)[C@@](C)(O)[C@H](O)[C@H]1C. The van der Waals surface area contributed by atoms with Crippen LogP contribution in [0.1, 0.15) is 116 Å². The third kappa shape index (κ3) is 15.5. The van der Waals surface area contributed by atoms with Gasteiger partial charge in [-0.2, -0.15) is 0 Å². The second kappa shape index (κ2) is 23.6. The molecule has 18 heteroatoms. The van der Waals surface area contributed by atoms with Gasteiger partial charge in [0.1, 0.15) is 17.8 Å². The number of carbonyl (C=O) groups excluding carboxylic acids is 1. The van der Waals surface area contributed by atoms with Gasteiger partial charge in [0.2, 0.25) is 5.79 Å². The van der Waals surface area contributed by atoms with Crippen LogP contribution >= 0.6 is 0 Å². The molecule has 3 aliphatic rings. The topological polar surface area (TPSA) is 175 Å². The zero-order chi connectivity index (χ0) is 51.4. The highest BCUT2D eigenvalue weighted by Crippen LogP contribution is 2.43. The lowest BCUT2D eigenvalue weighted by molar-refractivity contribution is -0.316. The zero-order valence-electron chi connectivity index (χ0n) is 45.9. The smallest absolute Gasteiger partial charge is 0.311 e. The summed E-state index contributed by atoms with van der Waals surface area (Å²) in [6, 6.07) is -0.0381. The van der Waals surface area contributed by atoms with Crippen LogP contribution in [0, 0.1) is 23.7 Å². The molecule has 2 N–H and O–H groups in total. The van der Waals surface area contributed by atoms with Gasteiger partial charge in [0, 0.05) is 64.9 Å². The minimum Gasteiger partial charge on any atom is -0.459 e. The second-order valence-electron chi connectivity index (χ2n) is 23.1. The standard InChI is InChI=1S/C49H96N2O14Si2/c1-24-36-49(13,54)41(52)31(5)38(50-65-46(9,10)57-25-2)29(3)27-47(11,55-16)42(62-45-40(63-66(18,19)20)35(51(14)15)26-30(4)58-45)32(6)39(33(7)44(53)60-36)61-37-28-48(12,56-17)43(34(8)59-37)64-67(21,22)23/h29-37,39-43,45,52,54H,24-28H2,1-23H3/b50-38+/t29-,30-,31+,32+,33-,34+,35+,36-,37+,39+,40-,41-,42-,43+,45+,47-,48-,49-/m1/s1. The minimum absolute atomic E-state index is 0.0381. The summed E-state index contributed by atoms with van der Waals surface area (Å²) >= 11 is 0. The van der Waals surface area contributed by atoms with E-state index in [0.717, 1.165) is 6.42 Å². The summed E-state index contributed by atoms with van der Waals surface area (Å²) in [7, 11) is 3.16. The van der Waals surface area contributed by atoms with E-state index >= 15 is 0 Å². The lowest BCUT2D eigenvalue weighted by atomic mass is 9.73. The van der Waals surface area contributed by atoms with Crippen molar-refractivity contribution in [3.63, 3.8) is 0 Å². The third-order valence-electron chi connectivity index (χ3n) is 14.1. The van der Waals surface area contributed by atoms with Crippen molar-refractivity contribution in [1.82, 2.24) is 4.90 Å². The number of rotatable bonds is 16. The Labute approximate surface area is 407 Å². The minimum atomic E-state index is -2.20. The summed E-state index contributed by atoms with van der Waals surface area (Å²) in [6.45, 7) is 37.5. The molecule has 67 heavy (non-hydrogen) atoms. The maximum Gasteiger partial charge on any atom is 0.311 e. The molecule has 0 amide bonds. The number of hydrogen-bond donors (Lipinski definition) is 2. The Kier molecular flexibility index (Phi) is 21.2. The van der Waals surface area contributed by atoms with Gasteiger partial charge in [-0.1, -0.05) is 32.9 Å². The molecule has 3 fully saturated rings. The van der Waals surface area contributed by atoms with Crippen LogP contribution in [-0.2, 0) is 56.4 Å². The average Bonchev–Trinajstić information content (AvgIpc) is 3.20. The van der Waals surface area contributed by atoms with Crippen molar-refractivity contribution < 1.29 is 66.6 Å². The third-order valence-corrected chi connectivity index (χ3v) is 16.0. The molecule has 16 nitrogen and oxygen atoms in total. The fourth-order valence-electron chi connectivity index (χ4n) is 10.4. The Morgan fingerprint density at radius 1 is 0.821 bits per heavy atom. The summed E-state index contributed by atoms with van der Waals surface area (Å²) in [5.41, 5.74) is -3.43. The van der Waals surface area contributed by atoms with Crippen molar-refractivity contribution >= 4 is 28.3 Å². The van der Waals surface area contributed by atoms with E-state index in [2.05, 4.69) is 44.2 Å². The van der Waals surface area contributed by atoms with Crippen molar-refractivity contribution in [1.29, 1.82) is 0 Å². The van der Waals surface area contributed by atoms with Gasteiger partial charge in [0.25, 0.3) is 0 Å². The van der Waals surface area contributed by atoms with E-state index in [1.54, 1.807) is 48.8 Å². The quantitative estimate of drug-likeness (QED) is 0.0665. The van der Waals surface area contributed by atoms with Gasteiger partial charge < -0.3 is 66.7 Å². The highest BCUT2D eigenvalue weighted by molar-refractivity contribution is 6.70. The second-order valence-corrected chi connectivity index (χ2v) is 32.0. The van der Waals surface area contributed by atoms with Crippen molar-refractivity contribution in [2.45, 2.75) is 245 Å². The van der Waals surface area contributed by atoms with Crippen LogP contribution in [0.15, 0.2) is 5.16 Å². The molecule has 0 saturated carbocycles. The van der Waals surface area contributed by atoms with Crippen LogP contribution in [0.5, 0.6) is 0 Å². The first-order valence-corrected chi connectivity index (χ1v) is 31.7. The first-order valence-electron chi connectivity index (χ1n) is 24.9. The Hall–Kier alpha value is -1.11.